The molecule has 0 spiro atoms. The van der Waals surface area contributed by atoms with Gasteiger partial charge in [-0.15, -0.1) is 0 Å². The largest absolute Gasteiger partial charge is 0.312 e. The molecule has 0 aromatic heterocycles. The van der Waals surface area contributed by atoms with Gasteiger partial charge in [0.1, 0.15) is 0 Å². The number of likely N-dealkylation sites (tertiary alicyclic amines) is 1. The molecule has 0 amide bonds. The van der Waals surface area contributed by atoms with Crippen molar-refractivity contribution in [1.82, 2.24) is 10.2 Å². The molecular weight excluding hydrogens is 256 g/mol. The highest BCUT2D eigenvalue weighted by Gasteiger charge is 2.38. The average molecular weight is 293 g/mol. The molecule has 3 atom stereocenters. The number of nitrogens with one attached hydrogen (secondary N) is 1. The van der Waals surface area contributed by atoms with Crippen LogP contribution in [0.25, 0.3) is 0 Å². The van der Waals surface area contributed by atoms with E-state index in [2.05, 4.69) is 31.0 Å². The first kappa shape index (κ1) is 15.8. The number of hydrogen-bond acceptors (Lipinski definition) is 2. The van der Waals surface area contributed by atoms with Crippen molar-refractivity contribution in [2.24, 2.45) is 23.7 Å². The van der Waals surface area contributed by atoms with Crippen molar-refractivity contribution in [2.75, 3.05) is 19.6 Å². The molecule has 1 aliphatic heterocycles. The Morgan fingerprint density at radius 1 is 1.05 bits per heavy atom. The maximum atomic E-state index is 3.94. The highest BCUT2D eigenvalue weighted by molar-refractivity contribution is 4.93. The van der Waals surface area contributed by atoms with Gasteiger partial charge in [0.25, 0.3) is 0 Å². The topological polar surface area (TPSA) is 15.3 Å². The molecule has 0 aromatic rings. The van der Waals surface area contributed by atoms with Gasteiger partial charge < -0.3 is 5.32 Å². The molecule has 1 heterocycles. The molecule has 1 saturated heterocycles. The Kier molecular flexibility index (Phi) is 5.27. The summed E-state index contributed by atoms with van der Waals surface area (Å²) in [5, 5.41) is 3.94. The Labute approximate surface area is 132 Å². The van der Waals surface area contributed by atoms with Crippen LogP contribution in [0.15, 0.2) is 0 Å². The summed E-state index contributed by atoms with van der Waals surface area (Å²) in [4.78, 5) is 2.87. The predicted molar refractivity (Wildman–Crippen MR) is 90.5 cm³/mol. The van der Waals surface area contributed by atoms with Crippen molar-refractivity contribution in [2.45, 2.75) is 77.8 Å². The predicted octanol–water partition coefficient (Wildman–Crippen LogP) is 3.91. The van der Waals surface area contributed by atoms with Crippen LogP contribution in [0.5, 0.6) is 0 Å². The first-order valence-corrected chi connectivity index (χ1v) is 9.64. The van der Waals surface area contributed by atoms with Gasteiger partial charge in [-0.3, -0.25) is 4.90 Å². The number of hydrogen-bond donors (Lipinski definition) is 1. The van der Waals surface area contributed by atoms with Crippen molar-refractivity contribution in [3.05, 3.63) is 0 Å². The van der Waals surface area contributed by atoms with Crippen LogP contribution in [0, 0.1) is 23.7 Å². The molecule has 2 aliphatic carbocycles. The van der Waals surface area contributed by atoms with E-state index in [4.69, 9.17) is 0 Å². The molecule has 2 nitrogen and oxygen atoms in total. The zero-order chi connectivity index (χ0) is 14.8. The highest BCUT2D eigenvalue weighted by atomic mass is 15.2. The van der Waals surface area contributed by atoms with E-state index in [9.17, 15) is 0 Å². The second kappa shape index (κ2) is 7.00. The number of rotatable bonds is 7. The molecule has 3 fully saturated rings. The standard InChI is InChI=1S/C19H36N2/c1-4-19(16-8-9-16)21-12-17(14(2)3)10-18(13-21)20-11-15-6-5-7-15/h14-20H,4-13H2,1-3H3. The van der Waals surface area contributed by atoms with E-state index >= 15 is 0 Å². The van der Waals surface area contributed by atoms with Crippen molar-refractivity contribution in [1.29, 1.82) is 0 Å². The summed E-state index contributed by atoms with van der Waals surface area (Å²) in [6.07, 6.45) is 10.1. The minimum absolute atomic E-state index is 0.750. The van der Waals surface area contributed by atoms with Gasteiger partial charge in [-0.1, -0.05) is 27.2 Å². The summed E-state index contributed by atoms with van der Waals surface area (Å²) in [6.45, 7) is 11.2. The van der Waals surface area contributed by atoms with Gasteiger partial charge in [0.15, 0.2) is 0 Å². The molecule has 0 radical (unpaired) electrons. The molecule has 3 aliphatic rings. The quantitative estimate of drug-likeness (QED) is 0.765. The summed E-state index contributed by atoms with van der Waals surface area (Å²) in [5.74, 6) is 3.74. The SMILES string of the molecule is CCC(C1CC1)N1CC(NCC2CCC2)CC(C(C)C)C1. The second-order valence-electron chi connectivity index (χ2n) is 8.41. The van der Waals surface area contributed by atoms with Gasteiger partial charge in [0.05, 0.1) is 0 Å². The lowest BCUT2D eigenvalue weighted by Gasteiger charge is -2.44. The molecule has 3 rings (SSSR count). The van der Waals surface area contributed by atoms with Crippen LogP contribution in [-0.4, -0.2) is 36.6 Å². The molecule has 0 bridgehead atoms. The van der Waals surface area contributed by atoms with E-state index in [0.29, 0.717) is 0 Å². The fourth-order valence-corrected chi connectivity index (χ4v) is 4.48. The van der Waals surface area contributed by atoms with Crippen molar-refractivity contribution < 1.29 is 0 Å². The van der Waals surface area contributed by atoms with Gasteiger partial charge >= 0.3 is 0 Å². The fraction of sp³-hybridized carbons (Fsp3) is 1.00. The van der Waals surface area contributed by atoms with Crippen LogP contribution < -0.4 is 5.32 Å². The van der Waals surface area contributed by atoms with E-state index in [1.807, 2.05) is 0 Å². The van der Waals surface area contributed by atoms with Crippen molar-refractivity contribution in [3.63, 3.8) is 0 Å². The monoisotopic (exact) mass is 292 g/mol. The van der Waals surface area contributed by atoms with Gasteiger partial charge in [-0.25, -0.2) is 0 Å². The maximum absolute atomic E-state index is 3.94. The third kappa shape index (κ3) is 4.01. The van der Waals surface area contributed by atoms with Gasteiger partial charge in [0.2, 0.25) is 0 Å². The first-order valence-electron chi connectivity index (χ1n) is 9.64. The van der Waals surface area contributed by atoms with E-state index in [0.717, 1.165) is 35.8 Å². The third-order valence-corrected chi connectivity index (χ3v) is 6.43. The minimum Gasteiger partial charge on any atom is -0.312 e. The molecule has 122 valence electrons. The van der Waals surface area contributed by atoms with Gasteiger partial charge in [0, 0.05) is 25.2 Å². The molecule has 3 unspecified atom stereocenters. The molecule has 2 saturated carbocycles. The third-order valence-electron chi connectivity index (χ3n) is 6.43. The zero-order valence-corrected chi connectivity index (χ0v) is 14.5. The molecule has 21 heavy (non-hydrogen) atoms. The maximum Gasteiger partial charge on any atom is 0.0198 e. The Hall–Kier alpha value is -0.0800. The summed E-state index contributed by atoms with van der Waals surface area (Å²) in [5.41, 5.74) is 0. The molecule has 2 heteroatoms. The van der Waals surface area contributed by atoms with Crippen molar-refractivity contribution in [3.8, 4) is 0 Å². The zero-order valence-electron chi connectivity index (χ0n) is 14.5. The fourth-order valence-electron chi connectivity index (χ4n) is 4.48. The summed E-state index contributed by atoms with van der Waals surface area (Å²) in [6, 6.07) is 1.62. The van der Waals surface area contributed by atoms with Crippen LogP contribution >= 0.6 is 0 Å². The molecule has 1 N–H and O–H groups in total. The van der Waals surface area contributed by atoms with Gasteiger partial charge in [-0.05, 0) is 68.7 Å². The van der Waals surface area contributed by atoms with Crippen molar-refractivity contribution >= 4 is 0 Å². The summed E-state index contributed by atoms with van der Waals surface area (Å²) in [7, 11) is 0. The average Bonchev–Trinajstić information content (AvgIpc) is 3.22. The first-order chi connectivity index (χ1) is 10.2. The smallest absolute Gasteiger partial charge is 0.0198 e. The lowest BCUT2D eigenvalue weighted by molar-refractivity contribution is 0.0645. The van der Waals surface area contributed by atoms with Crippen LogP contribution in [-0.2, 0) is 0 Å². The Bertz CT molecular complexity index is 320. The van der Waals surface area contributed by atoms with Crippen LogP contribution in [0.3, 0.4) is 0 Å². The molecule has 0 aromatic carbocycles. The normalized spacial score (nSPS) is 33.1. The Morgan fingerprint density at radius 2 is 1.81 bits per heavy atom. The minimum atomic E-state index is 0.750. The second-order valence-corrected chi connectivity index (χ2v) is 8.41. The van der Waals surface area contributed by atoms with E-state index in [1.54, 1.807) is 0 Å². The van der Waals surface area contributed by atoms with Crippen LogP contribution in [0.2, 0.25) is 0 Å². The number of piperidine rings is 1. The van der Waals surface area contributed by atoms with Crippen LogP contribution in [0.4, 0.5) is 0 Å². The Balaban J connectivity index is 1.57. The lowest BCUT2D eigenvalue weighted by Crippen LogP contribution is -2.54. The number of nitrogens with zero attached hydrogens (tertiary/aromatic N) is 1. The van der Waals surface area contributed by atoms with E-state index in [-0.39, 0.29) is 0 Å². The summed E-state index contributed by atoms with van der Waals surface area (Å²) < 4.78 is 0. The molecular formula is C19H36N2. The lowest BCUT2D eigenvalue weighted by atomic mass is 9.82. The van der Waals surface area contributed by atoms with Gasteiger partial charge in [-0.2, -0.15) is 0 Å². The van der Waals surface area contributed by atoms with E-state index < -0.39 is 0 Å². The van der Waals surface area contributed by atoms with E-state index in [1.165, 1.54) is 64.6 Å². The van der Waals surface area contributed by atoms with Crippen LogP contribution in [0.1, 0.15) is 65.7 Å². The summed E-state index contributed by atoms with van der Waals surface area (Å²) >= 11 is 0. The Morgan fingerprint density at radius 3 is 2.33 bits per heavy atom. The highest BCUT2D eigenvalue weighted by Crippen LogP contribution is 2.39.